The van der Waals surface area contributed by atoms with Crippen LogP contribution in [0.4, 0.5) is 0 Å². The van der Waals surface area contributed by atoms with E-state index in [-0.39, 0.29) is 13.0 Å². The maximum absolute atomic E-state index is 11.9. The fourth-order valence-electron chi connectivity index (χ4n) is 2.41. The van der Waals surface area contributed by atoms with Crippen LogP contribution in [-0.2, 0) is 22.6 Å². The van der Waals surface area contributed by atoms with E-state index in [9.17, 15) is 4.79 Å². The molecule has 0 aliphatic rings. The highest BCUT2D eigenvalue weighted by Gasteiger charge is 2.14. The molecule has 0 N–H and O–H groups in total. The molecule has 0 aliphatic carbocycles. The maximum atomic E-state index is 11.9. The fourth-order valence-corrected chi connectivity index (χ4v) is 3.04. The Kier molecular flexibility index (Phi) is 5.24. The van der Waals surface area contributed by atoms with Crippen molar-refractivity contribution in [2.24, 2.45) is 0 Å². The Hall–Kier alpha value is -3.33. The number of ether oxygens (including phenoxy) is 1. The standard InChI is InChI=1S/C19H16N4O4S/c1-12-2-4-13(5-3-12)19-22-21-16(26-19)6-7-17(24)25-10-15-20-18(27-23-15)14-8-9-28-11-14/h2-5,8-9,11H,6-7,10H2,1H3. The molecule has 0 spiro atoms. The highest BCUT2D eigenvalue weighted by molar-refractivity contribution is 7.08. The third-order valence-electron chi connectivity index (χ3n) is 3.91. The van der Waals surface area contributed by atoms with Gasteiger partial charge in [-0.2, -0.15) is 16.3 Å². The van der Waals surface area contributed by atoms with Crippen LogP contribution in [0.5, 0.6) is 0 Å². The lowest BCUT2D eigenvalue weighted by atomic mass is 10.1. The number of rotatable bonds is 7. The average Bonchev–Trinajstić information content (AvgIpc) is 3.46. The minimum Gasteiger partial charge on any atom is -0.457 e. The Labute approximate surface area is 164 Å². The quantitative estimate of drug-likeness (QED) is 0.434. The summed E-state index contributed by atoms with van der Waals surface area (Å²) in [7, 11) is 0. The van der Waals surface area contributed by atoms with E-state index in [1.165, 1.54) is 11.3 Å². The van der Waals surface area contributed by atoms with Crippen molar-refractivity contribution in [3.8, 4) is 22.9 Å². The van der Waals surface area contributed by atoms with Crippen LogP contribution in [0.15, 0.2) is 50.0 Å². The Morgan fingerprint density at radius 2 is 1.96 bits per heavy atom. The first-order chi connectivity index (χ1) is 13.7. The third-order valence-corrected chi connectivity index (χ3v) is 4.59. The molecule has 142 valence electrons. The lowest BCUT2D eigenvalue weighted by molar-refractivity contribution is -0.145. The van der Waals surface area contributed by atoms with Crippen molar-refractivity contribution in [1.82, 2.24) is 20.3 Å². The second-order valence-electron chi connectivity index (χ2n) is 6.06. The van der Waals surface area contributed by atoms with Crippen molar-refractivity contribution in [2.75, 3.05) is 0 Å². The Balaban J connectivity index is 1.26. The molecule has 0 atom stereocenters. The molecule has 0 fully saturated rings. The van der Waals surface area contributed by atoms with Gasteiger partial charge in [0.05, 0.1) is 12.0 Å². The van der Waals surface area contributed by atoms with Crippen molar-refractivity contribution in [3.05, 3.63) is 58.4 Å². The smallest absolute Gasteiger partial charge is 0.306 e. The van der Waals surface area contributed by atoms with E-state index in [4.69, 9.17) is 13.7 Å². The molecule has 0 amide bonds. The molecule has 0 saturated heterocycles. The van der Waals surface area contributed by atoms with Gasteiger partial charge in [0.25, 0.3) is 5.89 Å². The van der Waals surface area contributed by atoms with Crippen LogP contribution in [0.25, 0.3) is 22.9 Å². The van der Waals surface area contributed by atoms with Crippen molar-refractivity contribution < 1.29 is 18.5 Å². The summed E-state index contributed by atoms with van der Waals surface area (Å²) >= 11 is 1.53. The second kappa shape index (κ2) is 8.13. The zero-order chi connectivity index (χ0) is 19.3. The second-order valence-corrected chi connectivity index (χ2v) is 6.84. The molecule has 9 heteroatoms. The molecule has 28 heavy (non-hydrogen) atoms. The van der Waals surface area contributed by atoms with Crippen LogP contribution in [0.2, 0.25) is 0 Å². The number of esters is 1. The molecule has 0 radical (unpaired) electrons. The van der Waals surface area contributed by atoms with Gasteiger partial charge >= 0.3 is 5.97 Å². The summed E-state index contributed by atoms with van der Waals surface area (Å²) in [5, 5.41) is 15.6. The molecular weight excluding hydrogens is 380 g/mol. The van der Waals surface area contributed by atoms with Gasteiger partial charge in [0.1, 0.15) is 0 Å². The van der Waals surface area contributed by atoms with Gasteiger partial charge in [0.2, 0.25) is 17.6 Å². The number of nitrogens with zero attached hydrogens (tertiary/aromatic N) is 4. The predicted molar refractivity (Wildman–Crippen MR) is 100 cm³/mol. The van der Waals surface area contributed by atoms with E-state index in [1.54, 1.807) is 0 Å². The average molecular weight is 396 g/mol. The molecule has 0 bridgehead atoms. The van der Waals surface area contributed by atoms with Gasteiger partial charge in [-0.25, -0.2) is 0 Å². The first-order valence-corrected chi connectivity index (χ1v) is 9.52. The summed E-state index contributed by atoms with van der Waals surface area (Å²) in [6.07, 6.45) is 0.412. The molecule has 3 aromatic heterocycles. The first-order valence-electron chi connectivity index (χ1n) is 8.57. The van der Waals surface area contributed by atoms with Gasteiger partial charge in [0.15, 0.2) is 6.61 Å². The zero-order valence-electron chi connectivity index (χ0n) is 15.0. The molecule has 3 heterocycles. The normalized spacial score (nSPS) is 10.9. The highest BCUT2D eigenvalue weighted by atomic mass is 32.1. The molecule has 1 aromatic carbocycles. The summed E-state index contributed by atoms with van der Waals surface area (Å²) in [4.78, 5) is 16.1. The van der Waals surface area contributed by atoms with Crippen LogP contribution in [-0.4, -0.2) is 26.3 Å². The summed E-state index contributed by atoms with van der Waals surface area (Å²) in [5.74, 6) is 1.12. The molecule has 4 aromatic rings. The minimum atomic E-state index is -0.406. The lowest BCUT2D eigenvalue weighted by Gasteiger charge is -2.00. The van der Waals surface area contributed by atoms with Gasteiger partial charge in [-0.3, -0.25) is 4.79 Å². The van der Waals surface area contributed by atoms with Crippen LogP contribution in [0.1, 0.15) is 23.7 Å². The molecular formula is C19H16N4O4S. The van der Waals surface area contributed by atoms with Crippen LogP contribution < -0.4 is 0 Å². The summed E-state index contributed by atoms with van der Waals surface area (Å²) < 4.78 is 15.9. The molecule has 0 saturated carbocycles. The number of benzene rings is 1. The lowest BCUT2D eigenvalue weighted by Crippen LogP contribution is -2.07. The van der Waals surface area contributed by atoms with E-state index in [2.05, 4.69) is 20.3 Å². The van der Waals surface area contributed by atoms with Gasteiger partial charge in [-0.15, -0.1) is 10.2 Å². The minimum absolute atomic E-state index is 0.0507. The number of aryl methyl sites for hydroxylation is 2. The fraction of sp³-hybridized carbons (Fsp3) is 0.211. The van der Waals surface area contributed by atoms with E-state index >= 15 is 0 Å². The molecule has 0 unspecified atom stereocenters. The Morgan fingerprint density at radius 3 is 2.75 bits per heavy atom. The molecule has 4 rings (SSSR count). The summed E-state index contributed by atoms with van der Waals surface area (Å²) in [6.45, 7) is 1.96. The van der Waals surface area contributed by atoms with Gasteiger partial charge < -0.3 is 13.7 Å². The van der Waals surface area contributed by atoms with Crippen molar-refractivity contribution in [2.45, 2.75) is 26.4 Å². The topological polar surface area (TPSA) is 104 Å². The monoisotopic (exact) mass is 396 g/mol. The number of carbonyl (C=O) groups is 1. The van der Waals surface area contributed by atoms with Crippen LogP contribution in [0.3, 0.4) is 0 Å². The van der Waals surface area contributed by atoms with E-state index < -0.39 is 5.97 Å². The van der Waals surface area contributed by atoms with Crippen LogP contribution >= 0.6 is 11.3 Å². The number of thiophene rings is 1. The van der Waals surface area contributed by atoms with Gasteiger partial charge in [0, 0.05) is 17.4 Å². The number of hydrogen-bond acceptors (Lipinski definition) is 9. The Bertz CT molecular complexity index is 1050. The van der Waals surface area contributed by atoms with E-state index in [0.29, 0.717) is 29.9 Å². The number of carbonyl (C=O) groups excluding carboxylic acids is 1. The van der Waals surface area contributed by atoms with Crippen molar-refractivity contribution >= 4 is 17.3 Å². The van der Waals surface area contributed by atoms with Gasteiger partial charge in [-0.1, -0.05) is 22.9 Å². The predicted octanol–water partition coefficient (Wildman–Crippen LogP) is 3.83. The number of hydrogen-bond donors (Lipinski definition) is 0. The van der Waals surface area contributed by atoms with Crippen molar-refractivity contribution in [3.63, 3.8) is 0 Å². The molecule has 0 aliphatic heterocycles. The van der Waals surface area contributed by atoms with Crippen LogP contribution in [0, 0.1) is 6.92 Å². The number of aromatic nitrogens is 4. The molecule has 8 nitrogen and oxygen atoms in total. The zero-order valence-corrected chi connectivity index (χ0v) is 15.8. The SMILES string of the molecule is Cc1ccc(-c2nnc(CCC(=O)OCc3noc(-c4ccsc4)n3)o2)cc1. The Morgan fingerprint density at radius 1 is 1.11 bits per heavy atom. The first kappa shape index (κ1) is 18.1. The maximum Gasteiger partial charge on any atom is 0.306 e. The highest BCUT2D eigenvalue weighted by Crippen LogP contribution is 2.20. The van der Waals surface area contributed by atoms with E-state index in [0.717, 1.165) is 16.7 Å². The largest absolute Gasteiger partial charge is 0.457 e. The third kappa shape index (κ3) is 4.32. The van der Waals surface area contributed by atoms with E-state index in [1.807, 2.05) is 48.0 Å². The van der Waals surface area contributed by atoms with Crippen molar-refractivity contribution in [1.29, 1.82) is 0 Å². The summed E-state index contributed by atoms with van der Waals surface area (Å²) in [6, 6.07) is 9.64. The summed E-state index contributed by atoms with van der Waals surface area (Å²) in [5.41, 5.74) is 2.83. The van der Waals surface area contributed by atoms with Gasteiger partial charge in [-0.05, 0) is 30.5 Å².